The Morgan fingerprint density at radius 1 is 1.75 bits per heavy atom. The average Bonchev–Trinajstić information content (AvgIpc) is 1.83. The van der Waals surface area contributed by atoms with Crippen LogP contribution in [0.1, 0.15) is 6.42 Å². The van der Waals surface area contributed by atoms with Gasteiger partial charge in [-0.05, 0) is 19.3 Å². The molecule has 0 aliphatic carbocycles. The quantitative estimate of drug-likeness (QED) is 0.363. The van der Waals surface area contributed by atoms with Gasteiger partial charge in [0.25, 0.3) is 0 Å². The zero-order chi connectivity index (χ0) is 6.41. The van der Waals surface area contributed by atoms with Gasteiger partial charge in [-0.3, -0.25) is 0 Å². The van der Waals surface area contributed by atoms with E-state index in [2.05, 4.69) is 51.4 Å². The van der Waals surface area contributed by atoms with E-state index in [1.807, 2.05) is 0 Å². The molecule has 0 aliphatic heterocycles. The molecule has 8 heavy (non-hydrogen) atoms. The number of thiol groups is 1. The maximum atomic E-state index is 4.78. The monoisotopic (exact) mass is 310 g/mol. The van der Waals surface area contributed by atoms with Gasteiger partial charge < -0.3 is 4.18 Å². The van der Waals surface area contributed by atoms with Crippen molar-refractivity contribution in [2.24, 2.45) is 0 Å². The van der Waals surface area contributed by atoms with Crippen molar-refractivity contribution >= 4 is 51.4 Å². The van der Waals surface area contributed by atoms with E-state index in [1.165, 1.54) is 0 Å². The molecule has 0 amide bonds. The van der Waals surface area contributed by atoms with Gasteiger partial charge in [-0.1, -0.05) is 38.5 Å². The van der Waals surface area contributed by atoms with Gasteiger partial charge in [-0.15, -0.1) is 0 Å². The molecule has 1 unspecified atom stereocenters. The van der Waals surface area contributed by atoms with Crippen LogP contribution in [0.5, 0.6) is 0 Å². The van der Waals surface area contributed by atoms with Crippen LogP contribution in [0.3, 0.4) is 0 Å². The molecule has 0 rings (SSSR count). The zero-order valence-corrected chi connectivity index (χ0v) is 8.95. The third-order valence-electron chi connectivity index (χ3n) is 0.752. The first kappa shape index (κ1) is 9.52. The molecule has 0 aliphatic rings. The van der Waals surface area contributed by atoms with E-state index in [-0.39, 0.29) is 6.10 Å². The average molecular weight is 311 g/mol. The van der Waals surface area contributed by atoms with Crippen LogP contribution in [0.25, 0.3) is 0 Å². The van der Waals surface area contributed by atoms with E-state index >= 15 is 0 Å². The van der Waals surface area contributed by atoms with Crippen LogP contribution in [-0.2, 0) is 4.18 Å². The van der Waals surface area contributed by atoms with Gasteiger partial charge in [0.05, 0.1) is 6.10 Å². The summed E-state index contributed by atoms with van der Waals surface area (Å²) >= 11 is 9.31. The minimum absolute atomic E-state index is 0.273. The number of halogens is 2. The molecular weight excluding hydrogens is 303 g/mol. The molecular formula is C4H8BrIOS. The van der Waals surface area contributed by atoms with E-state index in [9.17, 15) is 0 Å². The van der Waals surface area contributed by atoms with Crippen molar-refractivity contribution in [3.05, 3.63) is 0 Å². The van der Waals surface area contributed by atoms with Crippen LogP contribution >= 0.6 is 51.4 Å². The van der Waals surface area contributed by atoms with E-state index in [0.29, 0.717) is 0 Å². The van der Waals surface area contributed by atoms with E-state index in [1.54, 1.807) is 0 Å². The van der Waals surface area contributed by atoms with Crippen molar-refractivity contribution in [1.82, 2.24) is 0 Å². The minimum atomic E-state index is 0.273. The summed E-state index contributed by atoms with van der Waals surface area (Å²) in [5, 5.41) is 0.875. The molecule has 0 heterocycles. The molecule has 0 spiro atoms. The second-order valence-electron chi connectivity index (χ2n) is 1.36. The Hall–Kier alpha value is 1.52. The summed E-state index contributed by atoms with van der Waals surface area (Å²) in [5.74, 6) is 0. The molecule has 4 heteroatoms. The number of hydrogen-bond donors (Lipinski definition) is 1. The number of alkyl halides is 2. The second kappa shape index (κ2) is 6.64. The Bertz CT molecular complexity index is 51.3. The first-order valence-electron chi connectivity index (χ1n) is 2.27. The van der Waals surface area contributed by atoms with Gasteiger partial charge in [-0.25, -0.2) is 0 Å². The van der Waals surface area contributed by atoms with Crippen LogP contribution in [0.4, 0.5) is 0 Å². The zero-order valence-electron chi connectivity index (χ0n) is 4.31. The van der Waals surface area contributed by atoms with Crippen LogP contribution in [0, 0.1) is 0 Å². The van der Waals surface area contributed by atoms with Gasteiger partial charge in [0.2, 0.25) is 0 Å². The summed E-state index contributed by atoms with van der Waals surface area (Å²) in [5.41, 5.74) is 0. The third-order valence-corrected chi connectivity index (χ3v) is 2.40. The normalized spacial score (nSPS) is 13.9. The van der Waals surface area contributed by atoms with Gasteiger partial charge in [0.1, 0.15) is 0 Å². The van der Waals surface area contributed by atoms with Crippen molar-refractivity contribution < 1.29 is 4.18 Å². The molecule has 0 aromatic rings. The number of hydrogen-bond acceptors (Lipinski definition) is 2. The molecule has 0 aromatic carbocycles. The lowest BCUT2D eigenvalue weighted by Crippen LogP contribution is -2.09. The summed E-state index contributed by atoms with van der Waals surface area (Å²) in [6, 6.07) is 0. The van der Waals surface area contributed by atoms with Gasteiger partial charge >= 0.3 is 0 Å². The minimum Gasteiger partial charge on any atom is -0.314 e. The lowest BCUT2D eigenvalue weighted by Gasteiger charge is -2.06. The fraction of sp³-hybridized carbons (Fsp3) is 1.00. The predicted molar refractivity (Wildman–Crippen MR) is 51.2 cm³/mol. The Kier molecular flexibility index (Phi) is 7.90. The fourth-order valence-corrected chi connectivity index (χ4v) is 1.81. The summed E-state index contributed by atoms with van der Waals surface area (Å²) in [6.45, 7) is 0. The molecule has 0 N–H and O–H groups in total. The fourth-order valence-electron chi connectivity index (χ4n) is 0.280. The third kappa shape index (κ3) is 4.40. The summed E-state index contributed by atoms with van der Waals surface area (Å²) in [7, 11) is 0. The van der Waals surface area contributed by atoms with E-state index in [4.69, 9.17) is 4.18 Å². The van der Waals surface area contributed by atoms with Crippen molar-refractivity contribution in [3.8, 4) is 0 Å². The van der Waals surface area contributed by atoms with Crippen molar-refractivity contribution in [2.75, 3.05) is 9.76 Å². The van der Waals surface area contributed by atoms with Crippen LogP contribution in [0.2, 0.25) is 0 Å². The molecule has 0 saturated heterocycles. The Labute approximate surface area is 77.4 Å². The molecule has 0 aromatic heterocycles. The maximum absolute atomic E-state index is 4.78. The lowest BCUT2D eigenvalue weighted by atomic mass is 10.3. The molecule has 0 radical (unpaired) electrons. The largest absolute Gasteiger partial charge is 0.314 e. The Morgan fingerprint density at radius 2 is 2.38 bits per heavy atom. The van der Waals surface area contributed by atoms with Crippen LogP contribution in [0.15, 0.2) is 0 Å². The molecule has 1 atom stereocenters. The van der Waals surface area contributed by atoms with E-state index in [0.717, 1.165) is 16.2 Å². The smallest absolute Gasteiger partial charge is 0.0822 e. The van der Waals surface area contributed by atoms with Crippen LogP contribution in [-0.4, -0.2) is 15.9 Å². The highest BCUT2D eigenvalue weighted by molar-refractivity contribution is 14.1. The summed E-state index contributed by atoms with van der Waals surface area (Å²) in [4.78, 5) is 0. The topological polar surface area (TPSA) is 9.23 Å². The maximum Gasteiger partial charge on any atom is 0.0822 e. The van der Waals surface area contributed by atoms with E-state index < -0.39 is 0 Å². The first-order chi connectivity index (χ1) is 3.85. The number of rotatable bonds is 4. The van der Waals surface area contributed by atoms with Crippen LogP contribution < -0.4 is 0 Å². The predicted octanol–water partition coefficient (Wildman–Crippen LogP) is 2.44. The highest BCUT2D eigenvalue weighted by Crippen LogP contribution is 2.05. The molecule has 1 nitrogen and oxygen atoms in total. The highest BCUT2D eigenvalue weighted by atomic mass is 127. The van der Waals surface area contributed by atoms with Crippen molar-refractivity contribution in [3.63, 3.8) is 0 Å². The molecule has 0 fully saturated rings. The molecule has 0 bridgehead atoms. The molecule has 50 valence electrons. The highest BCUT2D eigenvalue weighted by Gasteiger charge is 2.02. The molecule has 0 saturated carbocycles. The van der Waals surface area contributed by atoms with Gasteiger partial charge in [0, 0.05) is 9.76 Å². The van der Waals surface area contributed by atoms with Gasteiger partial charge in [0.15, 0.2) is 0 Å². The second-order valence-corrected chi connectivity index (χ2v) is 3.30. The first-order valence-corrected chi connectivity index (χ1v) is 5.28. The Morgan fingerprint density at radius 3 is 2.50 bits per heavy atom. The standard InChI is InChI=1S/C4H8BrIOS/c5-3-4(7-8)1-2-6/h4,8H,1-3H2. The van der Waals surface area contributed by atoms with Gasteiger partial charge in [-0.2, -0.15) is 0 Å². The van der Waals surface area contributed by atoms with Crippen molar-refractivity contribution in [2.45, 2.75) is 12.5 Å². The SMILES string of the molecule is SOC(CBr)CCI. The Balaban J connectivity index is 3.07. The lowest BCUT2D eigenvalue weighted by molar-refractivity contribution is 0.275. The summed E-state index contributed by atoms with van der Waals surface area (Å²) < 4.78 is 5.90. The summed E-state index contributed by atoms with van der Waals surface area (Å²) in [6.07, 6.45) is 1.34. The van der Waals surface area contributed by atoms with Crippen molar-refractivity contribution in [1.29, 1.82) is 0 Å².